The lowest BCUT2D eigenvalue weighted by Gasteiger charge is -2.18. The van der Waals surface area contributed by atoms with E-state index in [-0.39, 0.29) is 11.7 Å². The van der Waals surface area contributed by atoms with Gasteiger partial charge in [0.15, 0.2) is 0 Å². The van der Waals surface area contributed by atoms with Crippen molar-refractivity contribution in [3.8, 4) is 17.0 Å². The van der Waals surface area contributed by atoms with E-state index >= 15 is 0 Å². The normalized spacial score (nSPS) is 10.8. The van der Waals surface area contributed by atoms with Crippen molar-refractivity contribution in [1.82, 2.24) is 15.1 Å². The highest BCUT2D eigenvalue weighted by Gasteiger charge is 2.15. The summed E-state index contributed by atoms with van der Waals surface area (Å²) < 4.78 is 5.39. The second-order valence-electron chi connectivity index (χ2n) is 7.12. The van der Waals surface area contributed by atoms with Crippen LogP contribution in [0.2, 0.25) is 0 Å². The molecular weight excluding hydrogens is 406 g/mol. The fourth-order valence-electron chi connectivity index (χ4n) is 3.41. The number of fused-ring (bicyclic) bond motifs is 1. The molecule has 3 aromatic carbocycles. The average Bonchev–Trinajstić information content (AvgIpc) is 2.83. The molecule has 0 aliphatic carbocycles. The number of carbonyl (C=O) groups excluding carboxylic acids is 1. The van der Waals surface area contributed by atoms with E-state index in [0.29, 0.717) is 6.54 Å². The molecule has 0 N–H and O–H groups in total. The van der Waals surface area contributed by atoms with Crippen LogP contribution >= 0.6 is 11.8 Å². The molecule has 0 aliphatic heterocycles. The molecule has 4 aromatic rings. The molecule has 0 spiro atoms. The van der Waals surface area contributed by atoms with Gasteiger partial charge in [-0.25, -0.2) is 0 Å². The van der Waals surface area contributed by atoms with E-state index in [4.69, 9.17) is 4.74 Å². The van der Waals surface area contributed by atoms with Gasteiger partial charge in [-0.15, -0.1) is 10.2 Å². The van der Waals surface area contributed by atoms with E-state index in [9.17, 15) is 4.79 Å². The predicted octanol–water partition coefficient (Wildman–Crippen LogP) is 5.06. The largest absolute Gasteiger partial charge is 0.496 e. The molecule has 6 heteroatoms. The summed E-state index contributed by atoms with van der Waals surface area (Å²) in [6.07, 6.45) is 0. The Labute approximate surface area is 186 Å². The van der Waals surface area contributed by atoms with Crippen molar-refractivity contribution >= 4 is 28.4 Å². The molecular formula is C25H23N3O2S. The fraction of sp³-hybridized carbons (Fsp3) is 0.160. The van der Waals surface area contributed by atoms with Crippen LogP contribution in [0.15, 0.2) is 83.9 Å². The number of rotatable bonds is 7. The third-order valence-electron chi connectivity index (χ3n) is 5.06. The maximum atomic E-state index is 12.8. The van der Waals surface area contributed by atoms with E-state index in [0.717, 1.165) is 38.4 Å². The van der Waals surface area contributed by atoms with Gasteiger partial charge in [0, 0.05) is 35.5 Å². The number of thioether (sulfide) groups is 1. The van der Waals surface area contributed by atoms with Crippen LogP contribution in [0.25, 0.3) is 22.0 Å². The molecule has 1 amide bonds. The number of hydrogen-bond acceptors (Lipinski definition) is 5. The van der Waals surface area contributed by atoms with Crippen molar-refractivity contribution in [2.24, 2.45) is 0 Å². The topological polar surface area (TPSA) is 55.3 Å². The molecule has 0 saturated carbocycles. The molecule has 5 nitrogen and oxygen atoms in total. The Kier molecular flexibility index (Phi) is 6.48. The zero-order chi connectivity index (χ0) is 21.6. The van der Waals surface area contributed by atoms with Crippen molar-refractivity contribution in [3.63, 3.8) is 0 Å². The van der Waals surface area contributed by atoms with Crippen LogP contribution in [0.4, 0.5) is 0 Å². The second-order valence-corrected chi connectivity index (χ2v) is 8.08. The Balaban J connectivity index is 1.51. The number of aromatic nitrogens is 2. The zero-order valence-electron chi connectivity index (χ0n) is 17.5. The van der Waals surface area contributed by atoms with Crippen LogP contribution in [0, 0.1) is 0 Å². The number of ether oxygens (including phenoxy) is 1. The van der Waals surface area contributed by atoms with Crippen molar-refractivity contribution in [2.45, 2.75) is 11.6 Å². The summed E-state index contributed by atoms with van der Waals surface area (Å²) in [6.45, 7) is 0.489. The number of benzene rings is 3. The van der Waals surface area contributed by atoms with E-state index in [1.165, 1.54) is 11.8 Å². The number of hydrogen-bond donors (Lipinski definition) is 0. The van der Waals surface area contributed by atoms with Gasteiger partial charge in [0.2, 0.25) is 5.91 Å². The van der Waals surface area contributed by atoms with Gasteiger partial charge in [0.05, 0.1) is 12.9 Å². The lowest BCUT2D eigenvalue weighted by molar-refractivity contribution is -0.127. The number of amides is 1. The third-order valence-corrected chi connectivity index (χ3v) is 6.03. The molecule has 1 aromatic heterocycles. The summed E-state index contributed by atoms with van der Waals surface area (Å²) in [5.74, 6) is 1.09. The van der Waals surface area contributed by atoms with E-state index in [1.807, 2.05) is 78.9 Å². The maximum Gasteiger partial charge on any atom is 0.233 e. The molecule has 0 unspecified atom stereocenters. The highest BCUT2D eigenvalue weighted by Crippen LogP contribution is 2.31. The van der Waals surface area contributed by atoms with E-state index in [2.05, 4.69) is 10.2 Å². The highest BCUT2D eigenvalue weighted by molar-refractivity contribution is 8.00. The van der Waals surface area contributed by atoms with Gasteiger partial charge in [-0.05, 0) is 6.07 Å². The monoisotopic (exact) mass is 429 g/mol. The minimum absolute atomic E-state index is 0.0222. The Bertz CT molecular complexity index is 1200. The van der Waals surface area contributed by atoms with Crippen molar-refractivity contribution < 1.29 is 9.53 Å². The highest BCUT2D eigenvalue weighted by atomic mass is 32.2. The first-order valence-corrected chi connectivity index (χ1v) is 11.0. The fourth-order valence-corrected chi connectivity index (χ4v) is 4.33. The number of nitrogens with zero attached hydrogens (tertiary/aromatic N) is 3. The first kappa shape index (κ1) is 20.9. The lowest BCUT2D eigenvalue weighted by atomic mass is 10.1. The standard InChI is InChI=1S/C25H23N3O2S/c1-28(16-19-12-6-9-15-22(19)30-2)23(29)17-31-25-21-14-8-7-13-20(21)24(26-27-25)18-10-4-3-5-11-18/h3-15H,16-17H2,1-2H3. The van der Waals surface area contributed by atoms with Gasteiger partial charge >= 0.3 is 0 Å². The van der Waals surface area contributed by atoms with Crippen LogP contribution < -0.4 is 4.74 Å². The van der Waals surface area contributed by atoms with Crippen LogP contribution in [0.3, 0.4) is 0 Å². The van der Waals surface area contributed by atoms with Gasteiger partial charge < -0.3 is 9.64 Å². The molecule has 31 heavy (non-hydrogen) atoms. The van der Waals surface area contributed by atoms with Crippen LogP contribution in [0.1, 0.15) is 5.56 Å². The van der Waals surface area contributed by atoms with Crippen molar-refractivity contribution in [3.05, 3.63) is 84.4 Å². The number of para-hydroxylation sites is 1. The summed E-state index contributed by atoms with van der Waals surface area (Å²) in [7, 11) is 3.44. The van der Waals surface area contributed by atoms with Gasteiger partial charge in [0.25, 0.3) is 0 Å². The Morgan fingerprint density at radius 1 is 0.903 bits per heavy atom. The minimum atomic E-state index is 0.0222. The molecule has 0 bridgehead atoms. The molecule has 156 valence electrons. The summed E-state index contributed by atoms with van der Waals surface area (Å²) in [6, 6.07) is 25.8. The quantitative estimate of drug-likeness (QED) is 0.385. The predicted molar refractivity (Wildman–Crippen MR) is 125 cm³/mol. The summed E-state index contributed by atoms with van der Waals surface area (Å²) in [5.41, 5.74) is 2.85. The Morgan fingerprint density at radius 3 is 2.35 bits per heavy atom. The Morgan fingerprint density at radius 2 is 1.58 bits per heavy atom. The molecule has 0 fully saturated rings. The number of methoxy groups -OCH3 is 1. The SMILES string of the molecule is COc1ccccc1CN(C)C(=O)CSc1nnc(-c2ccccc2)c2ccccc12. The van der Waals surface area contributed by atoms with Gasteiger partial charge in [0.1, 0.15) is 16.5 Å². The summed E-state index contributed by atoms with van der Waals surface area (Å²) in [5, 5.41) is 11.7. The van der Waals surface area contributed by atoms with Crippen LogP contribution in [-0.4, -0.2) is 40.9 Å². The second kappa shape index (κ2) is 9.62. The lowest BCUT2D eigenvalue weighted by Crippen LogP contribution is -2.28. The average molecular weight is 430 g/mol. The van der Waals surface area contributed by atoms with Crippen LogP contribution in [-0.2, 0) is 11.3 Å². The molecule has 0 radical (unpaired) electrons. The van der Waals surface area contributed by atoms with Crippen LogP contribution in [0.5, 0.6) is 5.75 Å². The first-order chi connectivity index (χ1) is 15.2. The number of carbonyl (C=O) groups is 1. The molecule has 0 aliphatic rings. The Hall–Kier alpha value is -3.38. The van der Waals surface area contributed by atoms with Gasteiger partial charge in [-0.3, -0.25) is 4.79 Å². The smallest absolute Gasteiger partial charge is 0.233 e. The van der Waals surface area contributed by atoms with Crippen molar-refractivity contribution in [1.29, 1.82) is 0 Å². The first-order valence-electron chi connectivity index (χ1n) is 9.97. The summed E-state index contributed by atoms with van der Waals surface area (Å²) >= 11 is 1.41. The zero-order valence-corrected chi connectivity index (χ0v) is 18.3. The van der Waals surface area contributed by atoms with E-state index in [1.54, 1.807) is 19.1 Å². The van der Waals surface area contributed by atoms with Gasteiger partial charge in [-0.2, -0.15) is 0 Å². The molecule has 0 saturated heterocycles. The third kappa shape index (κ3) is 4.70. The molecule has 0 atom stereocenters. The van der Waals surface area contributed by atoms with E-state index < -0.39 is 0 Å². The molecule has 1 heterocycles. The van der Waals surface area contributed by atoms with Gasteiger partial charge in [-0.1, -0.05) is 84.6 Å². The summed E-state index contributed by atoms with van der Waals surface area (Å²) in [4.78, 5) is 14.5. The van der Waals surface area contributed by atoms with Crippen molar-refractivity contribution in [2.75, 3.05) is 19.9 Å². The maximum absolute atomic E-state index is 12.8. The molecule has 4 rings (SSSR count). The minimum Gasteiger partial charge on any atom is -0.496 e.